The first kappa shape index (κ1) is 26.6. The van der Waals surface area contributed by atoms with Crippen LogP contribution in [0.5, 0.6) is 11.5 Å². The van der Waals surface area contributed by atoms with Gasteiger partial charge in [0.1, 0.15) is 12.6 Å². The monoisotopic (exact) mass is 522 g/mol. The number of rotatable bonds is 11. The van der Waals surface area contributed by atoms with Crippen molar-refractivity contribution < 1.29 is 19.0 Å². The summed E-state index contributed by atoms with van der Waals surface area (Å²) in [5, 5.41) is 8.67. The van der Waals surface area contributed by atoms with Gasteiger partial charge < -0.3 is 19.5 Å². The Labute approximate surface area is 222 Å². The number of hydrogen-bond donors (Lipinski definition) is 1. The summed E-state index contributed by atoms with van der Waals surface area (Å²) in [6.45, 7) is 8.57. The Morgan fingerprint density at radius 1 is 1.14 bits per heavy atom. The second-order valence-corrected chi connectivity index (χ2v) is 9.90. The number of aromatic nitrogens is 3. The fourth-order valence-electron chi connectivity index (χ4n) is 4.22. The number of carbonyl (C=O) groups excluding carboxylic acids is 1. The summed E-state index contributed by atoms with van der Waals surface area (Å²) >= 11 is 1.61. The van der Waals surface area contributed by atoms with Crippen LogP contribution in [0.15, 0.2) is 58.9 Å². The molecule has 0 amide bonds. The number of methoxy groups -OCH3 is 1. The predicted octanol–water partition coefficient (Wildman–Crippen LogP) is 5.92. The smallest absolute Gasteiger partial charge is 0.338 e. The Kier molecular flexibility index (Phi) is 8.76. The molecular weight excluding hydrogens is 488 g/mol. The van der Waals surface area contributed by atoms with Crippen LogP contribution in [0, 0.1) is 6.92 Å². The third-order valence-corrected chi connectivity index (χ3v) is 6.96. The summed E-state index contributed by atoms with van der Waals surface area (Å²) in [5.41, 5.74) is 4.25. The van der Waals surface area contributed by atoms with Gasteiger partial charge >= 0.3 is 5.97 Å². The van der Waals surface area contributed by atoms with Crippen LogP contribution in [0.3, 0.4) is 0 Å². The van der Waals surface area contributed by atoms with E-state index in [-0.39, 0.29) is 6.61 Å². The van der Waals surface area contributed by atoms with Crippen LogP contribution in [0.4, 0.5) is 5.95 Å². The molecule has 0 spiro atoms. The molecule has 1 unspecified atom stereocenters. The van der Waals surface area contributed by atoms with Gasteiger partial charge in [-0.05, 0) is 50.5 Å². The van der Waals surface area contributed by atoms with Gasteiger partial charge in [0.25, 0.3) is 0 Å². The minimum atomic E-state index is -0.525. The number of allylic oxidation sites excluding steroid dienone is 1. The summed E-state index contributed by atoms with van der Waals surface area (Å²) in [6, 6.07) is 13.4. The van der Waals surface area contributed by atoms with E-state index in [0.29, 0.717) is 40.5 Å². The van der Waals surface area contributed by atoms with Crippen molar-refractivity contribution in [1.29, 1.82) is 0 Å². The number of carbonyl (C=O) groups is 1. The lowest BCUT2D eigenvalue weighted by atomic mass is 9.95. The van der Waals surface area contributed by atoms with Crippen molar-refractivity contribution in [3.05, 3.63) is 70.4 Å². The third kappa shape index (κ3) is 6.10. The Morgan fingerprint density at radius 3 is 2.70 bits per heavy atom. The average Bonchev–Trinajstić information content (AvgIpc) is 3.29. The van der Waals surface area contributed by atoms with Gasteiger partial charge in [-0.25, -0.2) is 9.48 Å². The first-order chi connectivity index (χ1) is 17.9. The van der Waals surface area contributed by atoms with Gasteiger partial charge in [-0.2, -0.15) is 4.98 Å². The van der Waals surface area contributed by atoms with E-state index in [1.54, 1.807) is 30.5 Å². The lowest BCUT2D eigenvalue weighted by Gasteiger charge is -2.28. The first-order valence-corrected chi connectivity index (χ1v) is 13.5. The van der Waals surface area contributed by atoms with E-state index in [4.69, 9.17) is 19.3 Å². The van der Waals surface area contributed by atoms with E-state index in [9.17, 15) is 4.79 Å². The maximum Gasteiger partial charge on any atom is 0.338 e. The number of nitrogens with one attached hydrogen (secondary N) is 1. The van der Waals surface area contributed by atoms with E-state index in [1.807, 2.05) is 37.3 Å². The molecule has 37 heavy (non-hydrogen) atoms. The number of esters is 1. The topological polar surface area (TPSA) is 87.5 Å². The van der Waals surface area contributed by atoms with Gasteiger partial charge in [0.05, 0.1) is 19.3 Å². The molecule has 196 valence electrons. The minimum Gasteiger partial charge on any atom is -0.493 e. The van der Waals surface area contributed by atoms with Crippen molar-refractivity contribution in [1.82, 2.24) is 14.8 Å². The van der Waals surface area contributed by atoms with Crippen LogP contribution in [0.1, 0.15) is 56.3 Å². The molecule has 0 aliphatic carbocycles. The summed E-state index contributed by atoms with van der Waals surface area (Å²) in [7, 11) is 1.61. The number of benzene rings is 2. The zero-order valence-electron chi connectivity index (χ0n) is 22.0. The minimum absolute atomic E-state index is 0.278. The van der Waals surface area contributed by atoms with E-state index < -0.39 is 12.0 Å². The molecule has 1 atom stereocenters. The first-order valence-electron chi connectivity index (χ1n) is 12.6. The summed E-state index contributed by atoms with van der Waals surface area (Å²) in [4.78, 5) is 17.8. The summed E-state index contributed by atoms with van der Waals surface area (Å²) in [6.07, 6.45) is 2.19. The van der Waals surface area contributed by atoms with Gasteiger partial charge in [-0.1, -0.05) is 61.0 Å². The highest BCUT2D eigenvalue weighted by Crippen LogP contribution is 2.40. The fourth-order valence-corrected chi connectivity index (χ4v) is 5.13. The quantitative estimate of drug-likeness (QED) is 0.189. The molecule has 2 heterocycles. The lowest BCUT2D eigenvalue weighted by Crippen LogP contribution is -2.29. The zero-order valence-corrected chi connectivity index (χ0v) is 22.9. The van der Waals surface area contributed by atoms with Gasteiger partial charge in [0, 0.05) is 11.4 Å². The molecule has 9 heteroatoms. The van der Waals surface area contributed by atoms with E-state index in [1.165, 1.54) is 5.56 Å². The van der Waals surface area contributed by atoms with Crippen molar-refractivity contribution >= 4 is 23.7 Å². The molecule has 1 aliphatic rings. The van der Waals surface area contributed by atoms with Gasteiger partial charge in [0.15, 0.2) is 11.5 Å². The number of thioether (sulfide) groups is 1. The number of unbranched alkanes of at least 4 members (excludes halogenated alkanes) is 1. The molecule has 0 bridgehead atoms. The lowest BCUT2D eigenvalue weighted by molar-refractivity contribution is -0.139. The second kappa shape index (κ2) is 12.2. The maximum absolute atomic E-state index is 13.1. The van der Waals surface area contributed by atoms with Gasteiger partial charge in [-0.3, -0.25) is 0 Å². The van der Waals surface area contributed by atoms with Crippen molar-refractivity contribution in [3.8, 4) is 11.5 Å². The number of anilines is 1. The SMILES string of the molecule is CCCCSc1nc2n(n1)C(c1ccc(OCc3cccc(C)c3)c(OC)c1)C(C(=O)OCC)=C(C)N2. The molecule has 2 aromatic carbocycles. The molecule has 8 nitrogen and oxygen atoms in total. The molecule has 3 aromatic rings. The predicted molar refractivity (Wildman–Crippen MR) is 145 cm³/mol. The van der Waals surface area contributed by atoms with Gasteiger partial charge in [-0.15, -0.1) is 5.10 Å². The van der Waals surface area contributed by atoms with Crippen molar-refractivity contribution in [2.75, 3.05) is 24.8 Å². The Hall–Kier alpha value is -3.46. The summed E-state index contributed by atoms with van der Waals surface area (Å²) < 4.78 is 19.0. The highest BCUT2D eigenvalue weighted by atomic mass is 32.2. The largest absolute Gasteiger partial charge is 0.493 e. The molecule has 0 radical (unpaired) electrons. The van der Waals surface area contributed by atoms with E-state index in [0.717, 1.165) is 29.7 Å². The normalized spacial score (nSPS) is 14.7. The van der Waals surface area contributed by atoms with Gasteiger partial charge in [0.2, 0.25) is 11.1 Å². The molecular formula is C28H34N4O4S. The van der Waals surface area contributed by atoms with Crippen LogP contribution < -0.4 is 14.8 Å². The van der Waals surface area contributed by atoms with E-state index >= 15 is 0 Å². The molecule has 0 saturated heterocycles. The maximum atomic E-state index is 13.1. The van der Waals surface area contributed by atoms with Crippen molar-refractivity contribution in [3.63, 3.8) is 0 Å². The Bertz CT molecular complexity index is 1290. The van der Waals surface area contributed by atoms with Crippen LogP contribution in [0.2, 0.25) is 0 Å². The average molecular weight is 523 g/mol. The number of nitrogens with zero attached hydrogens (tertiary/aromatic N) is 3. The standard InChI is InChI=1S/C28H34N4O4S/c1-6-8-14-37-28-30-27-29-19(4)24(26(33)35-7-2)25(32(27)31-28)21-12-13-22(23(16-21)34-5)36-17-20-11-9-10-18(3)15-20/h9-13,15-16,25H,6-8,14,17H2,1-5H3,(H,29,30,31). The Morgan fingerprint density at radius 2 is 1.97 bits per heavy atom. The number of hydrogen-bond acceptors (Lipinski definition) is 8. The fraction of sp³-hybridized carbons (Fsp3) is 0.393. The number of fused-ring (bicyclic) bond motifs is 1. The Balaban J connectivity index is 1.69. The molecule has 1 aliphatic heterocycles. The highest BCUT2D eigenvalue weighted by molar-refractivity contribution is 7.99. The molecule has 0 fully saturated rings. The highest BCUT2D eigenvalue weighted by Gasteiger charge is 2.35. The molecule has 1 N–H and O–H groups in total. The van der Waals surface area contributed by atoms with Crippen molar-refractivity contribution in [2.24, 2.45) is 0 Å². The van der Waals surface area contributed by atoms with Crippen LogP contribution >= 0.6 is 11.8 Å². The second-order valence-electron chi connectivity index (χ2n) is 8.84. The number of aryl methyl sites for hydroxylation is 1. The summed E-state index contributed by atoms with van der Waals surface area (Å²) in [5.74, 6) is 2.33. The molecule has 0 saturated carbocycles. The number of ether oxygens (including phenoxy) is 3. The molecule has 4 rings (SSSR count). The third-order valence-electron chi connectivity index (χ3n) is 6.04. The molecule has 1 aromatic heterocycles. The van der Waals surface area contributed by atoms with Crippen LogP contribution in [-0.4, -0.2) is 40.2 Å². The van der Waals surface area contributed by atoms with Crippen molar-refractivity contribution in [2.45, 2.75) is 58.3 Å². The van der Waals surface area contributed by atoms with Crippen LogP contribution in [-0.2, 0) is 16.1 Å². The van der Waals surface area contributed by atoms with Crippen LogP contribution in [0.25, 0.3) is 0 Å². The zero-order chi connectivity index (χ0) is 26.4. The van der Waals surface area contributed by atoms with E-state index in [2.05, 4.69) is 36.3 Å².